The minimum absolute atomic E-state index is 0.495. The van der Waals surface area contributed by atoms with Gasteiger partial charge in [-0.15, -0.1) is 0 Å². The highest BCUT2D eigenvalue weighted by Gasteiger charge is 2.37. The minimum Gasteiger partial charge on any atom is -0.356 e. The van der Waals surface area contributed by atoms with Crippen molar-refractivity contribution in [2.24, 2.45) is 16.3 Å². The maximum Gasteiger partial charge on any atom is 0.191 e. The summed E-state index contributed by atoms with van der Waals surface area (Å²) < 4.78 is 0. The van der Waals surface area contributed by atoms with Gasteiger partial charge >= 0.3 is 0 Å². The Kier molecular flexibility index (Phi) is 6.22. The lowest BCUT2D eigenvalue weighted by Gasteiger charge is -2.43. The van der Waals surface area contributed by atoms with Crippen molar-refractivity contribution < 1.29 is 0 Å². The summed E-state index contributed by atoms with van der Waals surface area (Å²) >= 11 is 0. The van der Waals surface area contributed by atoms with Crippen molar-refractivity contribution in [3.8, 4) is 0 Å². The molecule has 1 saturated carbocycles. The molecule has 1 aromatic heterocycles. The molecule has 0 radical (unpaired) electrons. The molecular weight excluding hydrogens is 272 g/mol. The fourth-order valence-electron chi connectivity index (χ4n) is 3.36. The van der Waals surface area contributed by atoms with Gasteiger partial charge in [-0.3, -0.25) is 9.98 Å². The average Bonchev–Trinajstić information content (AvgIpc) is 2.48. The molecule has 0 aliphatic heterocycles. The van der Waals surface area contributed by atoms with E-state index in [1.165, 1.54) is 31.2 Å². The molecule has 4 heteroatoms. The summed E-state index contributed by atoms with van der Waals surface area (Å²) in [6.45, 7) is 6.56. The number of guanidine groups is 1. The van der Waals surface area contributed by atoms with Crippen LogP contribution in [0.2, 0.25) is 0 Å². The second kappa shape index (κ2) is 8.16. The first-order chi connectivity index (χ1) is 10.6. The van der Waals surface area contributed by atoms with Crippen LogP contribution in [0, 0.1) is 11.3 Å². The molecule has 0 atom stereocenters. The van der Waals surface area contributed by atoms with Crippen LogP contribution in [0.3, 0.4) is 0 Å². The zero-order chi connectivity index (χ0) is 15.8. The molecule has 0 spiro atoms. The molecule has 2 rings (SSSR count). The van der Waals surface area contributed by atoms with Crippen LogP contribution in [0.1, 0.15) is 45.1 Å². The smallest absolute Gasteiger partial charge is 0.191 e. The lowest BCUT2D eigenvalue weighted by atomic mass is 9.64. The third kappa shape index (κ3) is 5.00. The van der Waals surface area contributed by atoms with Gasteiger partial charge in [-0.2, -0.15) is 0 Å². The lowest BCUT2D eigenvalue weighted by molar-refractivity contribution is 0.104. The van der Waals surface area contributed by atoms with Gasteiger partial charge in [-0.25, -0.2) is 0 Å². The first-order valence-electron chi connectivity index (χ1n) is 8.47. The molecule has 0 aromatic carbocycles. The highest BCUT2D eigenvalue weighted by atomic mass is 15.2. The molecular formula is C18H30N4. The number of aliphatic imine (C=N–C) groups is 1. The van der Waals surface area contributed by atoms with E-state index in [0.717, 1.165) is 31.4 Å². The predicted molar refractivity (Wildman–Crippen MR) is 93.0 cm³/mol. The Morgan fingerprint density at radius 3 is 2.73 bits per heavy atom. The fourth-order valence-corrected chi connectivity index (χ4v) is 3.36. The molecule has 0 saturated heterocycles. The summed E-state index contributed by atoms with van der Waals surface area (Å²) in [4.78, 5) is 8.48. The molecule has 0 bridgehead atoms. The van der Waals surface area contributed by atoms with Crippen molar-refractivity contribution in [2.45, 2.75) is 46.0 Å². The van der Waals surface area contributed by atoms with Crippen molar-refractivity contribution in [1.29, 1.82) is 0 Å². The molecule has 1 aromatic rings. The van der Waals surface area contributed by atoms with Gasteiger partial charge in [0.15, 0.2) is 5.96 Å². The third-order valence-corrected chi connectivity index (χ3v) is 4.54. The summed E-state index contributed by atoms with van der Waals surface area (Å²) in [6, 6.07) is 4.09. The van der Waals surface area contributed by atoms with Crippen LogP contribution in [0.5, 0.6) is 0 Å². The third-order valence-electron chi connectivity index (χ3n) is 4.54. The van der Waals surface area contributed by atoms with Gasteiger partial charge in [0.2, 0.25) is 0 Å². The Bertz CT molecular complexity index is 463. The highest BCUT2D eigenvalue weighted by molar-refractivity contribution is 5.79. The van der Waals surface area contributed by atoms with E-state index < -0.39 is 0 Å². The molecule has 1 aliphatic rings. The van der Waals surface area contributed by atoms with Gasteiger partial charge in [0.25, 0.3) is 0 Å². The number of nitrogens with one attached hydrogen (secondary N) is 2. The maximum absolute atomic E-state index is 4.34. The van der Waals surface area contributed by atoms with Crippen molar-refractivity contribution in [2.75, 3.05) is 20.1 Å². The van der Waals surface area contributed by atoms with Crippen molar-refractivity contribution >= 4 is 5.96 Å². The first-order valence-corrected chi connectivity index (χ1v) is 8.47. The fraction of sp³-hybridized carbons (Fsp3) is 0.667. The van der Waals surface area contributed by atoms with E-state index in [-0.39, 0.29) is 0 Å². The number of pyridine rings is 1. The van der Waals surface area contributed by atoms with Crippen LogP contribution in [-0.4, -0.2) is 31.1 Å². The Morgan fingerprint density at radius 2 is 2.18 bits per heavy atom. The van der Waals surface area contributed by atoms with E-state index in [1.807, 2.05) is 25.5 Å². The van der Waals surface area contributed by atoms with Crippen LogP contribution in [0.15, 0.2) is 29.5 Å². The normalized spacial score (nSPS) is 17.2. The zero-order valence-corrected chi connectivity index (χ0v) is 14.2. The van der Waals surface area contributed by atoms with E-state index in [2.05, 4.69) is 40.5 Å². The van der Waals surface area contributed by atoms with E-state index in [0.29, 0.717) is 5.41 Å². The maximum atomic E-state index is 4.34. The zero-order valence-electron chi connectivity index (χ0n) is 14.2. The van der Waals surface area contributed by atoms with Gasteiger partial charge in [-0.05, 0) is 48.6 Å². The minimum atomic E-state index is 0.495. The predicted octanol–water partition coefficient (Wildman–Crippen LogP) is 3.01. The van der Waals surface area contributed by atoms with Gasteiger partial charge < -0.3 is 10.6 Å². The molecule has 122 valence electrons. The van der Waals surface area contributed by atoms with Crippen LogP contribution in [-0.2, 0) is 6.42 Å². The molecule has 2 N–H and O–H groups in total. The largest absolute Gasteiger partial charge is 0.356 e. The van der Waals surface area contributed by atoms with E-state index in [4.69, 9.17) is 0 Å². The molecule has 4 nitrogen and oxygen atoms in total. The summed E-state index contributed by atoms with van der Waals surface area (Å²) in [6.07, 6.45) is 10.1. The van der Waals surface area contributed by atoms with Crippen LogP contribution >= 0.6 is 0 Å². The van der Waals surface area contributed by atoms with Crippen molar-refractivity contribution in [1.82, 2.24) is 15.6 Å². The van der Waals surface area contributed by atoms with Gasteiger partial charge in [0, 0.05) is 32.5 Å². The summed E-state index contributed by atoms with van der Waals surface area (Å²) in [7, 11) is 1.84. The number of hydrogen-bond donors (Lipinski definition) is 2. The first kappa shape index (κ1) is 16.8. The van der Waals surface area contributed by atoms with Crippen LogP contribution in [0.4, 0.5) is 0 Å². The van der Waals surface area contributed by atoms with Crippen LogP contribution in [0.25, 0.3) is 0 Å². The Balaban J connectivity index is 1.73. The summed E-state index contributed by atoms with van der Waals surface area (Å²) in [5, 5.41) is 6.93. The Labute approximate surface area is 134 Å². The quantitative estimate of drug-likeness (QED) is 0.601. The average molecular weight is 302 g/mol. The van der Waals surface area contributed by atoms with Crippen molar-refractivity contribution in [3.05, 3.63) is 30.1 Å². The molecule has 1 heterocycles. The van der Waals surface area contributed by atoms with E-state index in [1.54, 1.807) is 0 Å². The highest BCUT2D eigenvalue weighted by Crippen LogP contribution is 2.45. The van der Waals surface area contributed by atoms with Crippen molar-refractivity contribution in [3.63, 3.8) is 0 Å². The molecule has 1 fully saturated rings. The molecule has 1 aliphatic carbocycles. The molecule has 0 amide bonds. The van der Waals surface area contributed by atoms with E-state index in [9.17, 15) is 0 Å². The van der Waals surface area contributed by atoms with Crippen LogP contribution < -0.4 is 10.6 Å². The summed E-state index contributed by atoms with van der Waals surface area (Å²) in [5.41, 5.74) is 1.75. The second-order valence-electron chi connectivity index (χ2n) is 6.92. The second-order valence-corrected chi connectivity index (χ2v) is 6.92. The topological polar surface area (TPSA) is 49.3 Å². The Hall–Kier alpha value is -1.58. The van der Waals surface area contributed by atoms with Gasteiger partial charge in [0.1, 0.15) is 0 Å². The number of rotatable bonds is 7. The van der Waals surface area contributed by atoms with E-state index >= 15 is 0 Å². The SMILES string of the molecule is CN=C(NCCc1cccnc1)NCC1(CC(C)C)CCC1. The molecule has 0 unspecified atom stereocenters. The van der Waals surface area contributed by atoms with Gasteiger partial charge in [0.05, 0.1) is 0 Å². The number of nitrogens with zero attached hydrogens (tertiary/aromatic N) is 2. The summed E-state index contributed by atoms with van der Waals surface area (Å²) in [5.74, 6) is 1.68. The monoisotopic (exact) mass is 302 g/mol. The van der Waals surface area contributed by atoms with Gasteiger partial charge in [-0.1, -0.05) is 26.3 Å². The number of hydrogen-bond acceptors (Lipinski definition) is 2. The standard InChI is InChI=1S/C18H30N4/c1-15(2)12-18(8-5-9-18)14-22-17(19-3)21-11-7-16-6-4-10-20-13-16/h4,6,10,13,15H,5,7-9,11-12,14H2,1-3H3,(H2,19,21,22). The number of aromatic nitrogens is 1. The molecule has 22 heavy (non-hydrogen) atoms. The lowest BCUT2D eigenvalue weighted by Crippen LogP contribution is -2.47. The Morgan fingerprint density at radius 1 is 1.36 bits per heavy atom.